The Labute approximate surface area is 183 Å². The number of thioether (sulfide) groups is 1. The molecule has 27 heavy (non-hydrogen) atoms. The van der Waals surface area contributed by atoms with Gasteiger partial charge < -0.3 is 10.6 Å². The Kier molecular flexibility index (Phi) is 11.4. The third kappa shape index (κ3) is 6.99. The Morgan fingerprint density at radius 1 is 1.00 bits per heavy atom. The third-order valence-corrected chi connectivity index (χ3v) is 4.97. The molecule has 2 rings (SSSR count). The molecule has 1 aliphatic heterocycles. The molecule has 2 N–H and O–H groups in total. The van der Waals surface area contributed by atoms with Gasteiger partial charge in [0, 0.05) is 26.7 Å². The van der Waals surface area contributed by atoms with Crippen molar-refractivity contribution >= 4 is 53.5 Å². The second kappa shape index (κ2) is 13.0. The number of carbonyl (C=O) groups is 2. The largest absolute Gasteiger partial charge is 0.356 e. The van der Waals surface area contributed by atoms with Crippen LogP contribution < -0.4 is 10.6 Å². The molecule has 1 heterocycles. The van der Waals surface area contributed by atoms with Gasteiger partial charge in [0.25, 0.3) is 11.8 Å². The van der Waals surface area contributed by atoms with Crippen molar-refractivity contribution in [3.63, 3.8) is 0 Å². The smallest absolute Gasteiger partial charge is 0.261 e. The minimum atomic E-state index is -0.179. The molecule has 0 spiro atoms. The topological polar surface area (TPSA) is 73.8 Å². The third-order valence-electron chi connectivity index (χ3n) is 4.27. The fourth-order valence-corrected chi connectivity index (χ4v) is 3.34. The summed E-state index contributed by atoms with van der Waals surface area (Å²) in [5, 5.41) is 6.57. The van der Waals surface area contributed by atoms with E-state index in [4.69, 9.17) is 0 Å². The Morgan fingerprint density at radius 2 is 1.56 bits per heavy atom. The molecule has 8 heteroatoms. The van der Waals surface area contributed by atoms with Gasteiger partial charge in [-0.15, -0.1) is 24.0 Å². The van der Waals surface area contributed by atoms with Crippen LogP contribution in [0.5, 0.6) is 0 Å². The number of rotatable bonds is 10. The van der Waals surface area contributed by atoms with Crippen molar-refractivity contribution in [1.82, 2.24) is 15.5 Å². The SMILES string of the molecule is CN=C(NCCCCSC)NCCCCN1C(=O)c2ccccc2C1=O.I. The molecule has 150 valence electrons. The number of imide groups is 1. The number of nitrogens with zero attached hydrogens (tertiary/aromatic N) is 2. The maximum atomic E-state index is 12.3. The number of guanidine groups is 1. The number of benzene rings is 1. The summed E-state index contributed by atoms with van der Waals surface area (Å²) >= 11 is 1.87. The van der Waals surface area contributed by atoms with Crippen molar-refractivity contribution in [3.05, 3.63) is 35.4 Å². The minimum absolute atomic E-state index is 0. The summed E-state index contributed by atoms with van der Waals surface area (Å²) in [4.78, 5) is 30.1. The van der Waals surface area contributed by atoms with E-state index in [0.717, 1.165) is 38.3 Å². The predicted octanol–water partition coefficient (Wildman–Crippen LogP) is 2.99. The van der Waals surface area contributed by atoms with Crippen LogP contribution >= 0.6 is 35.7 Å². The quantitative estimate of drug-likeness (QED) is 0.169. The van der Waals surface area contributed by atoms with Gasteiger partial charge in [-0.2, -0.15) is 11.8 Å². The van der Waals surface area contributed by atoms with Crippen LogP contribution in [-0.2, 0) is 0 Å². The molecule has 0 aliphatic carbocycles. The lowest BCUT2D eigenvalue weighted by Gasteiger charge is -2.14. The van der Waals surface area contributed by atoms with Crippen molar-refractivity contribution in [3.8, 4) is 0 Å². The van der Waals surface area contributed by atoms with E-state index in [0.29, 0.717) is 17.7 Å². The first-order valence-corrected chi connectivity index (χ1v) is 10.5. The highest BCUT2D eigenvalue weighted by atomic mass is 127. The second-order valence-corrected chi connectivity index (χ2v) is 7.13. The zero-order valence-electron chi connectivity index (χ0n) is 16.0. The summed E-state index contributed by atoms with van der Waals surface area (Å²) in [6.45, 7) is 2.12. The average molecular weight is 504 g/mol. The van der Waals surface area contributed by atoms with E-state index in [1.165, 1.54) is 17.1 Å². The molecule has 0 saturated carbocycles. The van der Waals surface area contributed by atoms with Gasteiger partial charge in [-0.3, -0.25) is 19.5 Å². The van der Waals surface area contributed by atoms with Gasteiger partial charge in [0.1, 0.15) is 0 Å². The molecule has 0 unspecified atom stereocenters. The molecular weight excluding hydrogens is 475 g/mol. The van der Waals surface area contributed by atoms with Crippen LogP contribution in [0, 0.1) is 0 Å². The highest BCUT2D eigenvalue weighted by Crippen LogP contribution is 2.22. The van der Waals surface area contributed by atoms with Crippen molar-refractivity contribution in [1.29, 1.82) is 0 Å². The maximum Gasteiger partial charge on any atom is 0.261 e. The number of unbranched alkanes of at least 4 members (excludes halogenated alkanes) is 2. The second-order valence-electron chi connectivity index (χ2n) is 6.14. The number of hydrogen-bond acceptors (Lipinski definition) is 4. The number of halogens is 1. The molecule has 0 aromatic heterocycles. The molecule has 0 atom stereocenters. The molecule has 2 amide bonds. The van der Waals surface area contributed by atoms with Gasteiger partial charge in [0.2, 0.25) is 0 Å². The van der Waals surface area contributed by atoms with Gasteiger partial charge in [0.15, 0.2) is 5.96 Å². The molecule has 1 aromatic rings. The van der Waals surface area contributed by atoms with Crippen molar-refractivity contribution in [2.24, 2.45) is 4.99 Å². The first-order valence-electron chi connectivity index (χ1n) is 9.07. The first-order chi connectivity index (χ1) is 12.7. The Hall–Kier alpha value is -1.29. The standard InChI is InChI=1S/C19H28N4O2S.HI/c1-20-19(22-12-6-8-14-26-2)21-11-5-7-13-23-17(24)15-9-3-4-10-16(15)18(23)25;/h3-4,9-10H,5-8,11-14H2,1-2H3,(H2,20,21,22);1H. The number of amides is 2. The van der Waals surface area contributed by atoms with E-state index in [9.17, 15) is 9.59 Å². The lowest BCUT2D eigenvalue weighted by molar-refractivity contribution is 0.0652. The van der Waals surface area contributed by atoms with E-state index in [1.807, 2.05) is 11.8 Å². The number of aliphatic imine (C=N–C) groups is 1. The fraction of sp³-hybridized carbons (Fsp3) is 0.526. The monoisotopic (exact) mass is 504 g/mol. The fourth-order valence-electron chi connectivity index (χ4n) is 2.84. The zero-order valence-corrected chi connectivity index (χ0v) is 19.1. The van der Waals surface area contributed by atoms with Gasteiger partial charge >= 0.3 is 0 Å². The van der Waals surface area contributed by atoms with E-state index in [-0.39, 0.29) is 35.8 Å². The highest BCUT2D eigenvalue weighted by Gasteiger charge is 2.34. The van der Waals surface area contributed by atoms with Crippen LogP contribution in [0.15, 0.2) is 29.3 Å². The Bertz CT molecular complexity index is 619. The zero-order chi connectivity index (χ0) is 18.8. The van der Waals surface area contributed by atoms with Gasteiger partial charge in [0.05, 0.1) is 11.1 Å². The van der Waals surface area contributed by atoms with Crippen molar-refractivity contribution in [2.45, 2.75) is 25.7 Å². The lowest BCUT2D eigenvalue weighted by Crippen LogP contribution is -2.38. The van der Waals surface area contributed by atoms with Crippen LogP contribution in [0.4, 0.5) is 0 Å². The van der Waals surface area contributed by atoms with Crippen LogP contribution in [0.3, 0.4) is 0 Å². The van der Waals surface area contributed by atoms with E-state index < -0.39 is 0 Å². The van der Waals surface area contributed by atoms with E-state index in [2.05, 4.69) is 21.9 Å². The Balaban J connectivity index is 0.00000364. The highest BCUT2D eigenvalue weighted by molar-refractivity contribution is 14.0. The summed E-state index contributed by atoms with van der Waals surface area (Å²) < 4.78 is 0. The van der Waals surface area contributed by atoms with Crippen molar-refractivity contribution in [2.75, 3.05) is 38.7 Å². The summed E-state index contributed by atoms with van der Waals surface area (Å²) in [5.74, 6) is 1.63. The predicted molar refractivity (Wildman–Crippen MR) is 123 cm³/mol. The summed E-state index contributed by atoms with van der Waals surface area (Å²) in [6, 6.07) is 7.01. The maximum absolute atomic E-state index is 12.3. The molecule has 1 aliphatic rings. The van der Waals surface area contributed by atoms with E-state index in [1.54, 1.807) is 31.3 Å². The van der Waals surface area contributed by atoms with Gasteiger partial charge in [-0.25, -0.2) is 0 Å². The summed E-state index contributed by atoms with van der Waals surface area (Å²) in [7, 11) is 1.76. The summed E-state index contributed by atoms with van der Waals surface area (Å²) in [6.07, 6.45) is 6.08. The van der Waals surface area contributed by atoms with Gasteiger partial charge in [-0.1, -0.05) is 12.1 Å². The summed E-state index contributed by atoms with van der Waals surface area (Å²) in [5.41, 5.74) is 1.03. The molecule has 0 fully saturated rings. The van der Waals surface area contributed by atoms with E-state index >= 15 is 0 Å². The first kappa shape index (κ1) is 23.7. The normalized spacial score (nSPS) is 13.4. The number of hydrogen-bond donors (Lipinski definition) is 2. The number of carbonyl (C=O) groups excluding carboxylic acids is 2. The van der Waals surface area contributed by atoms with Crippen LogP contribution in [-0.4, -0.2) is 61.4 Å². The van der Waals surface area contributed by atoms with Crippen LogP contribution in [0.1, 0.15) is 46.4 Å². The average Bonchev–Trinajstić information content (AvgIpc) is 2.91. The molecule has 1 aromatic carbocycles. The van der Waals surface area contributed by atoms with Gasteiger partial charge in [-0.05, 0) is 49.8 Å². The molecule has 0 radical (unpaired) electrons. The number of fused-ring (bicyclic) bond motifs is 1. The molecular formula is C19H29IN4O2S. The van der Waals surface area contributed by atoms with Crippen molar-refractivity contribution < 1.29 is 9.59 Å². The lowest BCUT2D eigenvalue weighted by atomic mass is 10.1. The molecule has 0 bridgehead atoms. The Morgan fingerprint density at radius 3 is 2.07 bits per heavy atom. The molecule has 0 saturated heterocycles. The molecule has 6 nitrogen and oxygen atoms in total. The minimum Gasteiger partial charge on any atom is -0.356 e. The van der Waals surface area contributed by atoms with Crippen LogP contribution in [0.25, 0.3) is 0 Å². The van der Waals surface area contributed by atoms with Crippen LogP contribution in [0.2, 0.25) is 0 Å². The number of nitrogens with one attached hydrogen (secondary N) is 2.